The molecule has 0 bridgehead atoms. The Bertz CT molecular complexity index is 1160. The molecule has 1 aromatic heterocycles. The lowest BCUT2D eigenvalue weighted by molar-refractivity contribution is -0.119. The van der Waals surface area contributed by atoms with Crippen molar-refractivity contribution in [1.29, 1.82) is 0 Å². The molecule has 3 N–H and O–H groups in total. The number of thioether (sulfide) groups is 1. The molecule has 0 atom stereocenters. The number of halogens is 2. The second-order valence-corrected chi connectivity index (χ2v) is 9.42. The van der Waals surface area contributed by atoms with E-state index in [0.717, 1.165) is 16.0 Å². The first kappa shape index (κ1) is 25.0. The number of carbonyl (C=O) groups excluding carboxylic acids is 2. The molecule has 0 aliphatic heterocycles. The molecule has 1 amide bonds. The number of nitrogens with one attached hydrogen (secondary N) is 3. The van der Waals surface area contributed by atoms with Crippen molar-refractivity contribution in [3.63, 3.8) is 0 Å². The lowest BCUT2D eigenvalue weighted by Crippen LogP contribution is -2.44. The number of carbonyl (C=O) groups is 2. The molecule has 0 saturated heterocycles. The number of amides is 1. The molecule has 0 saturated carbocycles. The Kier molecular flexibility index (Phi) is 9.07. The van der Waals surface area contributed by atoms with Crippen LogP contribution in [-0.2, 0) is 15.3 Å². The molecule has 0 aliphatic rings. The van der Waals surface area contributed by atoms with Gasteiger partial charge in [-0.1, -0.05) is 48.0 Å². The maximum absolute atomic E-state index is 13.1. The molecule has 3 rings (SSSR count). The van der Waals surface area contributed by atoms with Gasteiger partial charge in [0.25, 0.3) is 0 Å². The second kappa shape index (κ2) is 12.0. The average Bonchev–Trinajstić information content (AvgIpc) is 3.23. The number of thiophene rings is 1. The van der Waals surface area contributed by atoms with Crippen LogP contribution in [-0.4, -0.2) is 29.9 Å². The van der Waals surface area contributed by atoms with E-state index in [9.17, 15) is 14.0 Å². The minimum Gasteiger partial charge on any atom is -0.465 e. The summed E-state index contributed by atoms with van der Waals surface area (Å²) in [5.74, 6) is -0.637. The van der Waals surface area contributed by atoms with Crippen LogP contribution >= 0.6 is 46.9 Å². The summed E-state index contributed by atoms with van der Waals surface area (Å²) in [5, 5.41) is 3.85. The number of hydrogen-bond acceptors (Lipinski definition) is 6. The van der Waals surface area contributed by atoms with Crippen LogP contribution in [0.1, 0.15) is 15.9 Å². The summed E-state index contributed by atoms with van der Waals surface area (Å²) in [6.45, 7) is 0. The molecule has 0 unspecified atom stereocenters. The summed E-state index contributed by atoms with van der Waals surface area (Å²) in [4.78, 5) is 25.1. The first-order valence-corrected chi connectivity index (χ1v) is 12.3. The largest absolute Gasteiger partial charge is 0.465 e. The minimum atomic E-state index is -0.501. The molecular weight excluding hydrogens is 505 g/mol. The topological polar surface area (TPSA) is 79.5 Å². The zero-order valence-corrected chi connectivity index (χ0v) is 20.5. The number of benzene rings is 2. The molecule has 0 fully saturated rings. The minimum absolute atomic E-state index is 0.113. The van der Waals surface area contributed by atoms with Crippen molar-refractivity contribution < 1.29 is 18.7 Å². The van der Waals surface area contributed by atoms with E-state index in [2.05, 4.69) is 16.2 Å². The van der Waals surface area contributed by atoms with Gasteiger partial charge in [0.2, 0.25) is 5.91 Å². The third kappa shape index (κ3) is 7.16. The van der Waals surface area contributed by atoms with E-state index in [0.29, 0.717) is 21.3 Å². The van der Waals surface area contributed by atoms with Gasteiger partial charge in [-0.15, -0.1) is 23.1 Å². The summed E-state index contributed by atoms with van der Waals surface area (Å²) >= 11 is 13.9. The number of thiocarbonyl (C=S) groups is 1. The summed E-state index contributed by atoms with van der Waals surface area (Å²) < 4.78 is 18.0. The third-order valence-electron chi connectivity index (χ3n) is 4.24. The highest BCUT2D eigenvalue weighted by molar-refractivity contribution is 7.99. The molecular formula is C22H19ClFN3O3S3. The van der Waals surface area contributed by atoms with Gasteiger partial charge in [-0.2, -0.15) is 0 Å². The maximum Gasteiger partial charge on any atom is 0.340 e. The number of esters is 1. The molecule has 1 heterocycles. The number of anilines is 1. The van der Waals surface area contributed by atoms with Crippen molar-refractivity contribution in [2.24, 2.45) is 0 Å². The fourth-order valence-corrected chi connectivity index (χ4v) is 5.10. The van der Waals surface area contributed by atoms with E-state index in [1.165, 1.54) is 42.3 Å². The van der Waals surface area contributed by atoms with Crippen molar-refractivity contribution in [3.8, 4) is 10.4 Å². The Morgan fingerprint density at radius 1 is 1.15 bits per heavy atom. The first-order chi connectivity index (χ1) is 15.9. The molecule has 11 heteroatoms. The third-order valence-corrected chi connectivity index (χ3v) is 6.88. The van der Waals surface area contributed by atoms with Crippen molar-refractivity contribution in [1.82, 2.24) is 10.9 Å². The Balaban J connectivity index is 1.53. The predicted octanol–water partition coefficient (Wildman–Crippen LogP) is 5.25. The summed E-state index contributed by atoms with van der Waals surface area (Å²) in [6, 6.07) is 15.5. The summed E-state index contributed by atoms with van der Waals surface area (Å²) in [6.07, 6.45) is 0. The first-order valence-electron chi connectivity index (χ1n) is 9.52. The normalized spacial score (nSPS) is 10.4. The van der Waals surface area contributed by atoms with Crippen LogP contribution in [0.4, 0.5) is 9.39 Å². The molecule has 3 aromatic rings. The SMILES string of the molecule is COC(=O)c1cc(-c2ccccc2)sc1NC(=S)NNC(=O)CSCc1ccc(F)cc1Cl. The van der Waals surface area contributed by atoms with E-state index in [1.54, 1.807) is 12.1 Å². The predicted molar refractivity (Wildman–Crippen MR) is 136 cm³/mol. The quantitative estimate of drug-likeness (QED) is 0.222. The van der Waals surface area contributed by atoms with Gasteiger partial charge >= 0.3 is 5.97 Å². The molecule has 2 aromatic carbocycles. The van der Waals surface area contributed by atoms with Gasteiger partial charge in [0.15, 0.2) is 5.11 Å². The highest BCUT2D eigenvalue weighted by Crippen LogP contribution is 2.35. The van der Waals surface area contributed by atoms with E-state index in [4.69, 9.17) is 28.6 Å². The highest BCUT2D eigenvalue weighted by atomic mass is 35.5. The summed E-state index contributed by atoms with van der Waals surface area (Å²) in [7, 11) is 1.31. The van der Waals surface area contributed by atoms with Crippen LogP contribution in [0.15, 0.2) is 54.6 Å². The second-order valence-electron chi connectivity index (χ2n) is 6.57. The van der Waals surface area contributed by atoms with Gasteiger partial charge in [0.05, 0.1) is 18.4 Å². The Morgan fingerprint density at radius 3 is 2.61 bits per heavy atom. The fourth-order valence-electron chi connectivity index (χ4n) is 2.68. The zero-order valence-electron chi connectivity index (χ0n) is 17.3. The highest BCUT2D eigenvalue weighted by Gasteiger charge is 2.18. The van der Waals surface area contributed by atoms with E-state index < -0.39 is 11.8 Å². The van der Waals surface area contributed by atoms with Gasteiger partial charge < -0.3 is 10.1 Å². The van der Waals surface area contributed by atoms with Gasteiger partial charge in [0.1, 0.15) is 10.8 Å². The Hall–Kier alpha value is -2.66. The Labute approximate surface area is 208 Å². The van der Waals surface area contributed by atoms with Crippen LogP contribution in [0.2, 0.25) is 5.02 Å². The summed E-state index contributed by atoms with van der Waals surface area (Å²) in [5.41, 5.74) is 7.14. The average molecular weight is 524 g/mol. The zero-order chi connectivity index (χ0) is 23.8. The van der Waals surface area contributed by atoms with Crippen LogP contribution in [0, 0.1) is 5.82 Å². The van der Waals surface area contributed by atoms with Gasteiger partial charge in [-0.05, 0) is 41.5 Å². The van der Waals surface area contributed by atoms with Gasteiger partial charge in [-0.25, -0.2) is 9.18 Å². The van der Waals surface area contributed by atoms with Crippen LogP contribution < -0.4 is 16.2 Å². The fraction of sp³-hybridized carbons (Fsp3) is 0.136. The van der Waals surface area contributed by atoms with E-state index >= 15 is 0 Å². The maximum atomic E-state index is 13.1. The number of hydrazine groups is 1. The molecule has 33 heavy (non-hydrogen) atoms. The van der Waals surface area contributed by atoms with Gasteiger partial charge in [0, 0.05) is 15.7 Å². The van der Waals surface area contributed by atoms with Crippen molar-refractivity contribution >= 4 is 68.9 Å². The standard InChI is InChI=1S/C22H19ClFN3O3S3/c1-30-21(29)16-10-18(13-5-3-2-4-6-13)33-20(16)25-22(31)27-26-19(28)12-32-11-14-7-8-15(24)9-17(14)23/h2-10H,11-12H2,1H3,(H,26,28)(H2,25,27,31). The molecule has 0 radical (unpaired) electrons. The monoisotopic (exact) mass is 523 g/mol. The Morgan fingerprint density at radius 2 is 1.91 bits per heavy atom. The molecule has 0 aliphatic carbocycles. The number of methoxy groups -OCH3 is 1. The number of hydrogen-bond donors (Lipinski definition) is 3. The van der Waals surface area contributed by atoms with Crippen LogP contribution in [0.5, 0.6) is 0 Å². The van der Waals surface area contributed by atoms with Crippen LogP contribution in [0.25, 0.3) is 10.4 Å². The lowest BCUT2D eigenvalue weighted by Gasteiger charge is -2.11. The van der Waals surface area contributed by atoms with Crippen molar-refractivity contribution in [3.05, 3.63) is 76.6 Å². The smallest absolute Gasteiger partial charge is 0.340 e. The lowest BCUT2D eigenvalue weighted by atomic mass is 10.1. The molecule has 6 nitrogen and oxygen atoms in total. The number of rotatable bonds is 7. The molecule has 0 spiro atoms. The number of ether oxygens (including phenoxy) is 1. The van der Waals surface area contributed by atoms with Crippen molar-refractivity contribution in [2.45, 2.75) is 5.75 Å². The van der Waals surface area contributed by atoms with E-state index in [1.807, 2.05) is 30.3 Å². The van der Waals surface area contributed by atoms with Gasteiger partial charge in [-0.3, -0.25) is 15.6 Å². The van der Waals surface area contributed by atoms with E-state index in [-0.39, 0.29) is 16.8 Å². The molecule has 172 valence electrons. The van der Waals surface area contributed by atoms with Crippen molar-refractivity contribution in [2.75, 3.05) is 18.2 Å². The van der Waals surface area contributed by atoms with Crippen LogP contribution in [0.3, 0.4) is 0 Å².